The molecule has 2 heteroatoms. The van der Waals surface area contributed by atoms with Crippen molar-refractivity contribution in [2.75, 3.05) is 13.2 Å². The van der Waals surface area contributed by atoms with Crippen molar-refractivity contribution < 1.29 is 9.84 Å². The van der Waals surface area contributed by atoms with Crippen molar-refractivity contribution in [3.8, 4) is 0 Å². The maximum absolute atomic E-state index is 8.91. The van der Waals surface area contributed by atoms with E-state index in [0.29, 0.717) is 23.5 Å². The van der Waals surface area contributed by atoms with Crippen LogP contribution in [0.4, 0.5) is 0 Å². The predicted octanol–water partition coefficient (Wildman–Crippen LogP) is 9.75. The summed E-state index contributed by atoms with van der Waals surface area (Å²) in [4.78, 5) is 0. The number of rotatable bonds is 14. The van der Waals surface area contributed by atoms with E-state index in [1.165, 1.54) is 103 Å². The Morgan fingerprint density at radius 1 is 0.865 bits per heavy atom. The Kier molecular flexibility index (Phi) is 10.7. The van der Waals surface area contributed by atoms with E-state index in [9.17, 15) is 0 Å². The summed E-state index contributed by atoms with van der Waals surface area (Å²) in [5.74, 6) is 5.53. The molecule has 4 aliphatic carbocycles. The molecule has 4 aliphatic rings. The second kappa shape index (κ2) is 13.3. The van der Waals surface area contributed by atoms with Crippen LogP contribution < -0.4 is 0 Å². The summed E-state index contributed by atoms with van der Waals surface area (Å²) in [6.45, 7) is 14.0. The predicted molar refractivity (Wildman–Crippen MR) is 158 cm³/mol. The van der Waals surface area contributed by atoms with E-state index in [1.807, 2.05) is 0 Å². The Labute approximate surface area is 230 Å². The van der Waals surface area contributed by atoms with Gasteiger partial charge in [0.2, 0.25) is 0 Å². The lowest BCUT2D eigenvalue weighted by molar-refractivity contribution is -0.0641. The molecule has 0 bridgehead atoms. The third-order valence-corrected chi connectivity index (χ3v) is 12.2. The quantitative estimate of drug-likeness (QED) is 0.185. The van der Waals surface area contributed by atoms with E-state index in [4.69, 9.17) is 9.84 Å². The van der Waals surface area contributed by atoms with Crippen molar-refractivity contribution in [2.24, 2.45) is 46.3 Å². The van der Waals surface area contributed by atoms with Gasteiger partial charge in [0.15, 0.2) is 0 Å². The van der Waals surface area contributed by atoms with Gasteiger partial charge in [0.25, 0.3) is 0 Å². The number of aliphatic hydroxyl groups is 1. The molecule has 1 N–H and O–H groups in total. The van der Waals surface area contributed by atoms with E-state index in [0.717, 1.165) is 48.5 Å². The van der Waals surface area contributed by atoms with Gasteiger partial charge in [0, 0.05) is 13.2 Å². The highest BCUT2D eigenvalue weighted by Gasteiger charge is 2.59. The van der Waals surface area contributed by atoms with Crippen LogP contribution in [-0.2, 0) is 4.74 Å². The van der Waals surface area contributed by atoms with Crippen molar-refractivity contribution >= 4 is 0 Å². The van der Waals surface area contributed by atoms with Crippen LogP contribution >= 0.6 is 0 Å². The Morgan fingerprint density at radius 3 is 2.38 bits per heavy atom. The molecular formula is C35H62O2. The lowest BCUT2D eigenvalue weighted by Crippen LogP contribution is -2.51. The molecule has 0 amide bonds. The zero-order valence-corrected chi connectivity index (χ0v) is 25.4. The molecule has 0 saturated heterocycles. The smallest absolute Gasteiger partial charge is 0.0612 e. The highest BCUT2D eigenvalue weighted by atomic mass is 16.5. The average Bonchev–Trinajstić information content (AvgIpc) is 3.22. The van der Waals surface area contributed by atoms with E-state index < -0.39 is 0 Å². The van der Waals surface area contributed by atoms with E-state index in [-0.39, 0.29) is 0 Å². The van der Waals surface area contributed by atoms with E-state index >= 15 is 0 Å². The summed E-state index contributed by atoms with van der Waals surface area (Å²) in [6.07, 6.45) is 25.8. The van der Waals surface area contributed by atoms with Gasteiger partial charge in [-0.25, -0.2) is 0 Å². The molecule has 0 aliphatic heterocycles. The van der Waals surface area contributed by atoms with Crippen LogP contribution in [0.5, 0.6) is 0 Å². The van der Waals surface area contributed by atoms with Gasteiger partial charge in [-0.15, -0.1) is 0 Å². The molecule has 0 aromatic heterocycles. The molecule has 2 nitrogen and oxygen atoms in total. The summed E-state index contributed by atoms with van der Waals surface area (Å²) >= 11 is 0. The lowest BCUT2D eigenvalue weighted by Gasteiger charge is -2.58. The number of allylic oxidation sites excluding steroid dienone is 1. The van der Waals surface area contributed by atoms with Gasteiger partial charge in [-0.1, -0.05) is 91.2 Å². The molecule has 0 unspecified atom stereocenters. The first-order valence-corrected chi connectivity index (χ1v) is 16.7. The summed E-state index contributed by atoms with van der Waals surface area (Å²) < 4.78 is 6.43. The van der Waals surface area contributed by atoms with Gasteiger partial charge in [0.05, 0.1) is 6.10 Å². The molecule has 37 heavy (non-hydrogen) atoms. The SMILES string of the molecule is CC(C)CCC[C@@H](C)[C@H]1CC[C@H]2[C@@H]3CC=C4C[C@H](OCCCCCCCCO)CC[C@]4(C)[C@H]3CC[C@]12C. The Bertz CT molecular complexity index is 727. The van der Waals surface area contributed by atoms with Crippen LogP contribution in [0.25, 0.3) is 0 Å². The standard InChI is InChI=1S/C35H62O2/c1-26(2)13-12-14-27(3)31-17-18-32-30-16-15-28-25-29(37-24-11-9-7-6-8-10-23-36)19-21-34(28,4)33(30)20-22-35(31,32)5/h15,26-27,29-33,36H,6-14,16-25H2,1-5H3/t27-,29-,30+,31-,32+,33+,34+,35-/m1/s1. The molecule has 0 aromatic carbocycles. The maximum Gasteiger partial charge on any atom is 0.0612 e. The van der Waals surface area contributed by atoms with Crippen molar-refractivity contribution in [1.29, 1.82) is 0 Å². The zero-order chi connectivity index (χ0) is 26.5. The van der Waals surface area contributed by atoms with Crippen molar-refractivity contribution in [2.45, 2.75) is 150 Å². The summed E-state index contributed by atoms with van der Waals surface area (Å²) in [5.41, 5.74) is 2.81. The largest absolute Gasteiger partial charge is 0.396 e. The molecular weight excluding hydrogens is 452 g/mol. The molecule has 3 saturated carbocycles. The summed E-state index contributed by atoms with van der Waals surface area (Å²) in [5, 5.41) is 8.91. The van der Waals surface area contributed by atoms with Crippen LogP contribution in [0.15, 0.2) is 11.6 Å². The van der Waals surface area contributed by atoms with E-state index in [1.54, 1.807) is 5.57 Å². The summed E-state index contributed by atoms with van der Waals surface area (Å²) in [7, 11) is 0. The number of fused-ring (bicyclic) bond motifs is 5. The fourth-order valence-corrected chi connectivity index (χ4v) is 9.97. The van der Waals surface area contributed by atoms with Crippen molar-refractivity contribution in [1.82, 2.24) is 0 Å². The van der Waals surface area contributed by atoms with Gasteiger partial charge in [-0.2, -0.15) is 0 Å². The number of hydrogen-bond acceptors (Lipinski definition) is 2. The van der Waals surface area contributed by atoms with Crippen LogP contribution in [0, 0.1) is 46.3 Å². The third-order valence-electron chi connectivity index (χ3n) is 12.2. The Balaban J connectivity index is 1.29. The number of unbranched alkanes of at least 4 members (excludes halogenated alkanes) is 5. The molecule has 3 fully saturated rings. The molecule has 0 heterocycles. The normalized spacial score (nSPS) is 38.1. The van der Waals surface area contributed by atoms with Gasteiger partial charge in [0.1, 0.15) is 0 Å². The molecule has 214 valence electrons. The lowest BCUT2D eigenvalue weighted by atomic mass is 9.47. The monoisotopic (exact) mass is 514 g/mol. The second-order valence-electron chi connectivity index (χ2n) is 14.9. The Morgan fingerprint density at radius 2 is 1.62 bits per heavy atom. The molecule has 0 radical (unpaired) electrons. The number of aliphatic hydroxyl groups excluding tert-OH is 1. The Hall–Kier alpha value is -0.340. The first-order valence-electron chi connectivity index (χ1n) is 16.7. The van der Waals surface area contributed by atoms with Gasteiger partial charge >= 0.3 is 0 Å². The maximum atomic E-state index is 8.91. The molecule has 4 rings (SSSR count). The van der Waals surface area contributed by atoms with E-state index in [2.05, 4.69) is 40.7 Å². The summed E-state index contributed by atoms with van der Waals surface area (Å²) in [6, 6.07) is 0. The zero-order valence-electron chi connectivity index (χ0n) is 25.4. The molecule has 0 spiro atoms. The van der Waals surface area contributed by atoms with Gasteiger partial charge < -0.3 is 9.84 Å². The van der Waals surface area contributed by atoms with Gasteiger partial charge in [-0.05, 0) is 111 Å². The number of ether oxygens (including phenoxy) is 1. The fourth-order valence-electron chi connectivity index (χ4n) is 9.97. The van der Waals surface area contributed by atoms with Crippen LogP contribution in [-0.4, -0.2) is 24.4 Å². The van der Waals surface area contributed by atoms with Gasteiger partial charge in [-0.3, -0.25) is 0 Å². The number of hydrogen-bond donors (Lipinski definition) is 1. The molecule has 0 aromatic rings. The van der Waals surface area contributed by atoms with Crippen molar-refractivity contribution in [3.63, 3.8) is 0 Å². The minimum atomic E-state index is 0.347. The second-order valence-corrected chi connectivity index (χ2v) is 14.9. The van der Waals surface area contributed by atoms with Crippen LogP contribution in [0.3, 0.4) is 0 Å². The first-order chi connectivity index (χ1) is 17.8. The van der Waals surface area contributed by atoms with Crippen molar-refractivity contribution in [3.05, 3.63) is 11.6 Å². The van der Waals surface area contributed by atoms with Crippen LogP contribution in [0.1, 0.15) is 144 Å². The minimum Gasteiger partial charge on any atom is -0.396 e. The first kappa shape index (κ1) is 29.6. The highest BCUT2D eigenvalue weighted by Crippen LogP contribution is 2.67. The topological polar surface area (TPSA) is 29.5 Å². The molecule has 8 atom stereocenters. The third kappa shape index (κ3) is 6.70. The average molecular weight is 515 g/mol. The van der Waals surface area contributed by atoms with Crippen LogP contribution in [0.2, 0.25) is 0 Å². The minimum absolute atomic E-state index is 0.347. The highest BCUT2D eigenvalue weighted by molar-refractivity contribution is 5.25. The fraction of sp³-hybridized carbons (Fsp3) is 0.943.